The molecule has 5 heteroatoms. The maximum atomic E-state index is 5.72. The third-order valence-corrected chi connectivity index (χ3v) is 3.29. The molecule has 0 bridgehead atoms. The number of pyridine rings is 1. The molecule has 0 spiro atoms. The highest BCUT2D eigenvalue weighted by atomic mass is 16.5. The van der Waals surface area contributed by atoms with E-state index in [1.165, 1.54) is 0 Å². The van der Waals surface area contributed by atoms with Crippen LogP contribution in [0.15, 0.2) is 12.3 Å². The van der Waals surface area contributed by atoms with Gasteiger partial charge in [-0.05, 0) is 18.6 Å². The molecule has 18 heavy (non-hydrogen) atoms. The van der Waals surface area contributed by atoms with Crippen molar-refractivity contribution in [3.8, 4) is 0 Å². The highest BCUT2D eigenvalue weighted by Crippen LogP contribution is 2.17. The van der Waals surface area contributed by atoms with Crippen LogP contribution in [0.5, 0.6) is 0 Å². The van der Waals surface area contributed by atoms with Crippen LogP contribution < -0.4 is 10.6 Å². The lowest BCUT2D eigenvalue weighted by Crippen LogP contribution is -2.40. The third-order valence-electron chi connectivity index (χ3n) is 3.29. The normalized spacial score (nSPS) is 16.8. The van der Waals surface area contributed by atoms with E-state index in [-0.39, 0.29) is 0 Å². The van der Waals surface area contributed by atoms with E-state index >= 15 is 0 Å². The van der Waals surface area contributed by atoms with E-state index in [0.29, 0.717) is 0 Å². The van der Waals surface area contributed by atoms with Gasteiger partial charge in [0, 0.05) is 33.2 Å². The first kappa shape index (κ1) is 13.1. The van der Waals surface area contributed by atoms with Crippen molar-refractivity contribution in [2.75, 3.05) is 57.1 Å². The van der Waals surface area contributed by atoms with Gasteiger partial charge in [-0.2, -0.15) is 0 Å². The highest BCUT2D eigenvalue weighted by molar-refractivity contribution is 5.52. The summed E-state index contributed by atoms with van der Waals surface area (Å²) in [6, 6.07) is 1.97. The molecule has 0 atom stereocenters. The summed E-state index contributed by atoms with van der Waals surface area (Å²) in [6.45, 7) is 7.82. The number of hydrogen-bond donors (Lipinski definition) is 1. The van der Waals surface area contributed by atoms with Gasteiger partial charge in [0.15, 0.2) is 0 Å². The number of ether oxygens (including phenoxy) is 1. The molecule has 0 unspecified atom stereocenters. The molecule has 1 aliphatic heterocycles. The quantitative estimate of drug-likeness (QED) is 0.854. The van der Waals surface area contributed by atoms with E-state index in [9.17, 15) is 0 Å². The zero-order valence-corrected chi connectivity index (χ0v) is 11.2. The highest BCUT2D eigenvalue weighted by Gasteiger charge is 2.12. The average Bonchev–Trinajstić information content (AvgIpc) is 2.37. The fourth-order valence-corrected chi connectivity index (χ4v) is 2.21. The van der Waals surface area contributed by atoms with Crippen molar-refractivity contribution in [1.82, 2.24) is 9.88 Å². The van der Waals surface area contributed by atoms with Crippen LogP contribution in [-0.2, 0) is 4.74 Å². The van der Waals surface area contributed by atoms with Gasteiger partial charge in [0.2, 0.25) is 0 Å². The molecule has 0 amide bonds. The Balaban J connectivity index is 1.88. The molecule has 0 aliphatic carbocycles. The summed E-state index contributed by atoms with van der Waals surface area (Å²) in [5.74, 6) is 1.01. The lowest BCUT2D eigenvalue weighted by molar-refractivity contribution is 0.0392. The third kappa shape index (κ3) is 3.34. The summed E-state index contributed by atoms with van der Waals surface area (Å²) in [7, 11) is 2.08. The van der Waals surface area contributed by atoms with E-state index in [2.05, 4.69) is 21.8 Å². The number of nitrogen functional groups attached to an aromatic ring is 1. The van der Waals surface area contributed by atoms with Crippen LogP contribution in [0.25, 0.3) is 0 Å². The van der Waals surface area contributed by atoms with E-state index < -0.39 is 0 Å². The number of nitrogens with zero attached hydrogens (tertiary/aromatic N) is 3. The van der Waals surface area contributed by atoms with Crippen LogP contribution >= 0.6 is 0 Å². The van der Waals surface area contributed by atoms with Crippen molar-refractivity contribution >= 4 is 11.5 Å². The van der Waals surface area contributed by atoms with Crippen molar-refractivity contribution in [2.45, 2.75) is 6.92 Å². The second-order valence-electron chi connectivity index (χ2n) is 4.78. The van der Waals surface area contributed by atoms with Crippen molar-refractivity contribution in [2.24, 2.45) is 0 Å². The first-order chi connectivity index (χ1) is 8.66. The second-order valence-corrected chi connectivity index (χ2v) is 4.78. The van der Waals surface area contributed by atoms with Crippen molar-refractivity contribution in [3.63, 3.8) is 0 Å². The number of aromatic nitrogens is 1. The predicted molar refractivity (Wildman–Crippen MR) is 73.9 cm³/mol. The minimum atomic E-state index is 0.720. The van der Waals surface area contributed by atoms with Gasteiger partial charge in [-0.15, -0.1) is 0 Å². The maximum absolute atomic E-state index is 5.72. The van der Waals surface area contributed by atoms with Gasteiger partial charge in [0.25, 0.3) is 0 Å². The Morgan fingerprint density at radius 2 is 2.17 bits per heavy atom. The summed E-state index contributed by atoms with van der Waals surface area (Å²) in [5.41, 5.74) is 7.56. The Hall–Kier alpha value is -1.33. The Bertz CT molecular complexity index is 391. The zero-order valence-electron chi connectivity index (χ0n) is 11.2. The molecule has 0 radical (unpaired) electrons. The first-order valence-corrected chi connectivity index (χ1v) is 6.40. The molecular formula is C13H22N4O. The number of likely N-dealkylation sites (N-methyl/N-ethyl adjacent to an activating group) is 1. The van der Waals surface area contributed by atoms with Gasteiger partial charge in [-0.25, -0.2) is 4.98 Å². The molecule has 1 saturated heterocycles. The van der Waals surface area contributed by atoms with E-state index in [1.54, 1.807) is 6.20 Å². The first-order valence-electron chi connectivity index (χ1n) is 6.40. The molecule has 100 valence electrons. The largest absolute Gasteiger partial charge is 0.397 e. The maximum Gasteiger partial charge on any atom is 0.131 e. The molecule has 5 nitrogen and oxygen atoms in total. The average molecular weight is 250 g/mol. The van der Waals surface area contributed by atoms with E-state index in [1.807, 2.05) is 13.0 Å². The van der Waals surface area contributed by atoms with Crippen molar-refractivity contribution in [1.29, 1.82) is 0 Å². The second kappa shape index (κ2) is 6.02. The summed E-state index contributed by atoms with van der Waals surface area (Å²) in [4.78, 5) is 9.01. The van der Waals surface area contributed by atoms with Crippen LogP contribution in [0.1, 0.15) is 5.56 Å². The number of aryl methyl sites for hydroxylation is 1. The van der Waals surface area contributed by atoms with Crippen molar-refractivity contribution in [3.05, 3.63) is 17.8 Å². The van der Waals surface area contributed by atoms with Crippen LogP contribution in [0.4, 0.5) is 11.5 Å². The Morgan fingerprint density at radius 3 is 2.83 bits per heavy atom. The minimum absolute atomic E-state index is 0.720. The van der Waals surface area contributed by atoms with Crippen LogP contribution in [0.3, 0.4) is 0 Å². The minimum Gasteiger partial charge on any atom is -0.397 e. The molecule has 1 fully saturated rings. The van der Waals surface area contributed by atoms with Gasteiger partial charge in [0.05, 0.1) is 25.1 Å². The van der Waals surface area contributed by atoms with Crippen molar-refractivity contribution < 1.29 is 4.74 Å². The summed E-state index contributed by atoms with van der Waals surface area (Å²) >= 11 is 0. The number of hydrogen-bond acceptors (Lipinski definition) is 5. The Labute approximate surface area is 109 Å². The zero-order chi connectivity index (χ0) is 13.0. The number of anilines is 2. The standard InChI is InChI=1S/C13H22N4O/c1-11-9-12(14)10-15-13(11)16(2)3-4-17-5-7-18-8-6-17/h9-10H,3-8,14H2,1-2H3. The van der Waals surface area contributed by atoms with Crippen LogP contribution in [0, 0.1) is 6.92 Å². The van der Waals surface area contributed by atoms with Gasteiger partial charge < -0.3 is 15.4 Å². The van der Waals surface area contributed by atoms with Gasteiger partial charge >= 0.3 is 0 Å². The van der Waals surface area contributed by atoms with Gasteiger partial charge in [0.1, 0.15) is 5.82 Å². The number of nitrogens with two attached hydrogens (primary N) is 1. The molecular weight excluding hydrogens is 228 g/mol. The Kier molecular flexibility index (Phi) is 4.38. The van der Waals surface area contributed by atoms with Crippen LogP contribution in [-0.4, -0.2) is 56.3 Å². The summed E-state index contributed by atoms with van der Waals surface area (Å²) in [6.07, 6.45) is 1.72. The monoisotopic (exact) mass is 250 g/mol. The topological polar surface area (TPSA) is 54.6 Å². The smallest absolute Gasteiger partial charge is 0.131 e. The summed E-state index contributed by atoms with van der Waals surface area (Å²) < 4.78 is 5.34. The fourth-order valence-electron chi connectivity index (χ4n) is 2.21. The SMILES string of the molecule is Cc1cc(N)cnc1N(C)CCN1CCOCC1. The Morgan fingerprint density at radius 1 is 1.44 bits per heavy atom. The molecule has 2 heterocycles. The molecule has 2 rings (SSSR count). The molecule has 2 N–H and O–H groups in total. The summed E-state index contributed by atoms with van der Waals surface area (Å²) in [5, 5.41) is 0. The number of rotatable bonds is 4. The lowest BCUT2D eigenvalue weighted by Gasteiger charge is -2.29. The van der Waals surface area contributed by atoms with E-state index in [0.717, 1.165) is 56.5 Å². The molecule has 1 aromatic rings. The van der Waals surface area contributed by atoms with Crippen LogP contribution in [0.2, 0.25) is 0 Å². The fraction of sp³-hybridized carbons (Fsp3) is 0.615. The van der Waals surface area contributed by atoms with Gasteiger partial charge in [-0.1, -0.05) is 0 Å². The molecule has 0 saturated carbocycles. The molecule has 1 aliphatic rings. The van der Waals surface area contributed by atoms with E-state index in [4.69, 9.17) is 10.5 Å². The molecule has 1 aromatic heterocycles. The van der Waals surface area contributed by atoms with Gasteiger partial charge in [-0.3, -0.25) is 4.90 Å². The lowest BCUT2D eigenvalue weighted by atomic mass is 10.2. The number of morpholine rings is 1. The predicted octanol–water partition coefficient (Wildman–Crippen LogP) is 0.741. The molecule has 0 aromatic carbocycles.